The molecule has 0 saturated carbocycles. The van der Waals surface area contributed by atoms with Crippen LogP contribution in [0.25, 0.3) is 22.9 Å². The van der Waals surface area contributed by atoms with Crippen molar-refractivity contribution in [3.05, 3.63) is 60.3 Å². The van der Waals surface area contributed by atoms with Crippen LogP contribution < -0.4 is 5.32 Å². The van der Waals surface area contributed by atoms with Crippen molar-refractivity contribution in [2.75, 3.05) is 11.9 Å². The van der Waals surface area contributed by atoms with Crippen LogP contribution in [-0.2, 0) is 9.59 Å². The number of amides is 2. The van der Waals surface area contributed by atoms with Crippen LogP contribution >= 0.6 is 0 Å². The quantitative estimate of drug-likeness (QED) is 0.610. The van der Waals surface area contributed by atoms with Gasteiger partial charge in [0.05, 0.1) is 5.52 Å². The molecule has 1 unspecified atom stereocenters. The summed E-state index contributed by atoms with van der Waals surface area (Å²) in [6, 6.07) is 13.8. The number of carbonyl (C=O) groups is 2. The molecule has 0 radical (unpaired) electrons. The fourth-order valence-corrected chi connectivity index (χ4v) is 4.28. The molecule has 6 heteroatoms. The molecule has 1 atom stereocenters. The Morgan fingerprint density at radius 1 is 1.16 bits per heavy atom. The van der Waals surface area contributed by atoms with Crippen molar-refractivity contribution in [3.8, 4) is 11.3 Å². The van der Waals surface area contributed by atoms with Crippen molar-refractivity contribution in [2.24, 2.45) is 0 Å². The van der Waals surface area contributed by atoms with Crippen molar-refractivity contribution in [2.45, 2.75) is 45.6 Å². The lowest BCUT2D eigenvalue weighted by Gasteiger charge is -2.34. The summed E-state index contributed by atoms with van der Waals surface area (Å²) >= 11 is 0. The third kappa shape index (κ3) is 4.53. The molecule has 160 valence electrons. The monoisotopic (exact) mass is 416 g/mol. The van der Waals surface area contributed by atoms with Gasteiger partial charge in [-0.15, -0.1) is 0 Å². The van der Waals surface area contributed by atoms with Crippen molar-refractivity contribution >= 4 is 29.1 Å². The molecule has 6 nitrogen and oxygen atoms in total. The van der Waals surface area contributed by atoms with Crippen LogP contribution in [0.4, 0.5) is 5.69 Å². The molecule has 0 bridgehead atoms. The van der Waals surface area contributed by atoms with E-state index in [1.165, 1.54) is 13.3 Å². The van der Waals surface area contributed by atoms with E-state index in [2.05, 4.69) is 12.2 Å². The van der Waals surface area contributed by atoms with Gasteiger partial charge in [-0.2, -0.15) is 5.10 Å². The Labute approximate surface area is 182 Å². The molecule has 0 aliphatic carbocycles. The number of nitrogens with zero attached hydrogens (tertiary/aromatic N) is 3. The number of fused-ring (bicyclic) bond motifs is 1. The molecule has 1 aliphatic rings. The number of benzene rings is 1. The molecule has 1 saturated heterocycles. The lowest BCUT2D eigenvalue weighted by molar-refractivity contribution is -0.129. The number of rotatable bonds is 5. The second-order valence-corrected chi connectivity index (χ2v) is 7.97. The van der Waals surface area contributed by atoms with Gasteiger partial charge in [0.25, 0.3) is 0 Å². The largest absolute Gasteiger partial charge is 0.336 e. The Bertz CT molecular complexity index is 1110. The van der Waals surface area contributed by atoms with Crippen molar-refractivity contribution in [1.82, 2.24) is 14.5 Å². The second-order valence-electron chi connectivity index (χ2n) is 7.97. The number of carbonyl (C=O) groups excluding carboxylic acids is 2. The summed E-state index contributed by atoms with van der Waals surface area (Å²) in [5.41, 5.74) is 4.32. The Morgan fingerprint density at radius 2 is 1.97 bits per heavy atom. The van der Waals surface area contributed by atoms with E-state index in [4.69, 9.17) is 5.10 Å². The highest BCUT2D eigenvalue weighted by Gasteiger charge is 2.24. The number of nitrogens with one attached hydrogen (secondary N) is 1. The summed E-state index contributed by atoms with van der Waals surface area (Å²) in [6.07, 6.45) is 9.82. The minimum atomic E-state index is -0.106. The Balaban J connectivity index is 1.67. The van der Waals surface area contributed by atoms with Gasteiger partial charge < -0.3 is 10.2 Å². The highest BCUT2D eigenvalue weighted by molar-refractivity contribution is 5.95. The predicted octanol–water partition coefficient (Wildman–Crippen LogP) is 4.76. The number of hydrogen-bond donors (Lipinski definition) is 1. The van der Waals surface area contributed by atoms with Crippen LogP contribution in [0.3, 0.4) is 0 Å². The van der Waals surface area contributed by atoms with E-state index in [0.29, 0.717) is 6.04 Å². The van der Waals surface area contributed by atoms with Crippen molar-refractivity contribution < 1.29 is 9.59 Å². The van der Waals surface area contributed by atoms with Crippen molar-refractivity contribution in [3.63, 3.8) is 0 Å². The summed E-state index contributed by atoms with van der Waals surface area (Å²) in [7, 11) is 0. The molecule has 1 N–H and O–H groups in total. The van der Waals surface area contributed by atoms with E-state index in [-0.39, 0.29) is 11.8 Å². The summed E-state index contributed by atoms with van der Waals surface area (Å²) in [5.74, 6) is -0.0421. The molecule has 3 aromatic rings. The number of hydrogen-bond acceptors (Lipinski definition) is 3. The predicted molar refractivity (Wildman–Crippen MR) is 124 cm³/mol. The van der Waals surface area contributed by atoms with Gasteiger partial charge in [-0.05, 0) is 56.0 Å². The molecule has 1 aromatic carbocycles. The summed E-state index contributed by atoms with van der Waals surface area (Å²) in [5, 5.41) is 7.53. The van der Waals surface area contributed by atoms with E-state index in [9.17, 15) is 9.59 Å². The van der Waals surface area contributed by atoms with Crippen LogP contribution in [-0.4, -0.2) is 38.9 Å². The van der Waals surface area contributed by atoms with E-state index >= 15 is 0 Å². The third-order valence-electron chi connectivity index (χ3n) is 5.83. The van der Waals surface area contributed by atoms with Crippen molar-refractivity contribution in [1.29, 1.82) is 0 Å². The maximum absolute atomic E-state index is 13.0. The van der Waals surface area contributed by atoms with Gasteiger partial charge in [0.2, 0.25) is 11.8 Å². The molecule has 2 aromatic heterocycles. The lowest BCUT2D eigenvalue weighted by Crippen LogP contribution is -2.42. The van der Waals surface area contributed by atoms with Gasteiger partial charge >= 0.3 is 0 Å². The van der Waals surface area contributed by atoms with Gasteiger partial charge in [0.1, 0.15) is 5.69 Å². The van der Waals surface area contributed by atoms with Gasteiger partial charge in [0, 0.05) is 48.6 Å². The van der Waals surface area contributed by atoms with Crippen LogP contribution in [0, 0.1) is 0 Å². The van der Waals surface area contributed by atoms with Gasteiger partial charge in [-0.3, -0.25) is 9.59 Å². The highest BCUT2D eigenvalue weighted by Crippen LogP contribution is 2.29. The number of pyridine rings is 1. The topological polar surface area (TPSA) is 66.7 Å². The molecule has 0 spiro atoms. The van der Waals surface area contributed by atoms with Crippen LogP contribution in [0.2, 0.25) is 0 Å². The minimum absolute atomic E-state index is 0.0637. The minimum Gasteiger partial charge on any atom is -0.336 e. The summed E-state index contributed by atoms with van der Waals surface area (Å²) in [4.78, 5) is 26.3. The third-order valence-corrected chi connectivity index (χ3v) is 5.83. The molecule has 31 heavy (non-hydrogen) atoms. The maximum Gasteiger partial charge on any atom is 0.246 e. The fraction of sp³-hybridized carbons (Fsp3) is 0.320. The zero-order chi connectivity index (χ0) is 21.8. The van der Waals surface area contributed by atoms with Gasteiger partial charge in [-0.25, -0.2) is 4.52 Å². The Kier molecular flexibility index (Phi) is 6.16. The van der Waals surface area contributed by atoms with Crippen LogP contribution in [0.1, 0.15) is 45.1 Å². The van der Waals surface area contributed by atoms with Crippen LogP contribution in [0.5, 0.6) is 0 Å². The Hall–Kier alpha value is -3.41. The smallest absolute Gasteiger partial charge is 0.246 e. The lowest BCUT2D eigenvalue weighted by atomic mass is 9.99. The van der Waals surface area contributed by atoms with Gasteiger partial charge in [0.15, 0.2) is 0 Å². The zero-order valence-corrected chi connectivity index (χ0v) is 18.0. The van der Waals surface area contributed by atoms with E-state index in [1.54, 1.807) is 6.08 Å². The SMILES string of the molecule is CCC1CCCCN1C(=O)/C=C/c1c(-c2ccc(NC(C)=O)cc2)nn2ccccc12. The normalized spacial score (nSPS) is 16.7. The average Bonchev–Trinajstić information content (AvgIpc) is 3.16. The molecule has 1 aliphatic heterocycles. The first-order valence-corrected chi connectivity index (χ1v) is 10.9. The summed E-state index contributed by atoms with van der Waals surface area (Å²) < 4.78 is 1.83. The van der Waals surface area contributed by atoms with E-state index in [0.717, 1.165) is 53.8 Å². The van der Waals surface area contributed by atoms with E-state index in [1.807, 2.05) is 64.2 Å². The highest BCUT2D eigenvalue weighted by atomic mass is 16.2. The fourth-order valence-electron chi connectivity index (χ4n) is 4.28. The second kappa shape index (κ2) is 9.16. The van der Waals surface area contributed by atoms with Crippen LogP contribution in [0.15, 0.2) is 54.7 Å². The molecule has 4 rings (SSSR count). The van der Waals surface area contributed by atoms with Gasteiger partial charge in [-0.1, -0.05) is 25.1 Å². The molecular weight excluding hydrogens is 388 g/mol. The molecule has 2 amide bonds. The Morgan fingerprint density at radius 3 is 2.71 bits per heavy atom. The number of anilines is 1. The maximum atomic E-state index is 13.0. The molecular formula is C25H28N4O2. The first kappa shape index (κ1) is 20.8. The average molecular weight is 417 g/mol. The standard InChI is InChI=1S/C25H28N4O2/c1-3-21-8-4-6-16-28(21)24(31)15-14-22-23-9-5-7-17-29(23)27-25(22)19-10-12-20(13-11-19)26-18(2)30/h5,7,9-15,17,21H,3-4,6,8,16H2,1-2H3,(H,26,30)/b15-14+. The van der Waals surface area contributed by atoms with E-state index < -0.39 is 0 Å². The number of aromatic nitrogens is 2. The summed E-state index contributed by atoms with van der Waals surface area (Å²) in [6.45, 7) is 4.46. The zero-order valence-electron chi connectivity index (χ0n) is 18.0. The number of piperidine rings is 1. The molecule has 1 fully saturated rings. The molecule has 3 heterocycles. The number of likely N-dealkylation sites (tertiary alicyclic amines) is 1. The first-order valence-electron chi connectivity index (χ1n) is 10.9. The first-order chi connectivity index (χ1) is 15.1.